The molecule has 1 spiro atoms. The number of nitrogens with one attached hydrogen (secondary N) is 2. The maximum atomic E-state index is 13.6. The molecule has 0 aliphatic carbocycles. The molecule has 1 aromatic heterocycles. The Morgan fingerprint density at radius 2 is 2.11 bits per heavy atom. The number of rotatable bonds is 7. The number of likely N-dealkylation sites (tertiary alicyclic amines) is 1. The van der Waals surface area contributed by atoms with Crippen LogP contribution >= 0.6 is 11.6 Å². The van der Waals surface area contributed by atoms with Crippen molar-refractivity contribution in [1.82, 2.24) is 14.9 Å². The Hall–Kier alpha value is -3.31. The molecule has 9 nitrogen and oxygen atoms in total. The van der Waals surface area contributed by atoms with Gasteiger partial charge in [0.05, 0.1) is 43.1 Å². The van der Waals surface area contributed by atoms with Crippen molar-refractivity contribution in [3.8, 4) is 5.75 Å². The number of carbonyl (C=O) groups excluding carboxylic acids is 1. The van der Waals surface area contributed by atoms with Crippen LogP contribution in [0.5, 0.6) is 5.75 Å². The summed E-state index contributed by atoms with van der Waals surface area (Å²) in [7, 11) is 1.52. The third-order valence-corrected chi connectivity index (χ3v) is 6.63. The van der Waals surface area contributed by atoms with Crippen molar-refractivity contribution in [3.63, 3.8) is 0 Å². The van der Waals surface area contributed by atoms with E-state index in [0.29, 0.717) is 60.1 Å². The standard InChI is InChI=1S/C26H27ClFN5O4/c1-35-23-14-21-18(25(30-16-29-21)31-17-5-6-20(28)19(27)12-17)13-22(23)32-24(34)4-2-8-33-9-3-7-26(15-33)36-10-11-37-26/h2,4-6,12-14,16H,3,7-11,15H2,1H3,(H,32,34)(H,29,30,31). The molecule has 5 rings (SSSR count). The van der Waals surface area contributed by atoms with E-state index in [1.807, 2.05) is 6.08 Å². The summed E-state index contributed by atoms with van der Waals surface area (Å²) in [5.74, 6) is -0.384. The predicted molar refractivity (Wildman–Crippen MR) is 139 cm³/mol. The number of aromatic nitrogens is 2. The zero-order valence-corrected chi connectivity index (χ0v) is 21.1. The van der Waals surface area contributed by atoms with Crippen molar-refractivity contribution in [3.05, 3.63) is 59.7 Å². The molecule has 0 unspecified atom stereocenters. The van der Waals surface area contributed by atoms with E-state index in [9.17, 15) is 9.18 Å². The first-order valence-electron chi connectivity index (χ1n) is 12.0. The molecule has 2 aliphatic rings. The molecule has 11 heteroatoms. The Morgan fingerprint density at radius 1 is 1.27 bits per heavy atom. The van der Waals surface area contributed by atoms with Gasteiger partial charge in [0.2, 0.25) is 5.91 Å². The summed E-state index contributed by atoms with van der Waals surface area (Å²) in [5.41, 5.74) is 1.62. The van der Waals surface area contributed by atoms with Gasteiger partial charge >= 0.3 is 0 Å². The lowest BCUT2D eigenvalue weighted by atomic mass is 10.0. The van der Waals surface area contributed by atoms with Crippen molar-refractivity contribution in [2.75, 3.05) is 50.6 Å². The summed E-state index contributed by atoms with van der Waals surface area (Å²) in [6, 6.07) is 7.75. The first kappa shape index (κ1) is 25.3. The van der Waals surface area contributed by atoms with Gasteiger partial charge in [-0.05, 0) is 37.2 Å². The number of fused-ring (bicyclic) bond motifs is 1. The van der Waals surface area contributed by atoms with E-state index in [4.69, 9.17) is 25.8 Å². The molecule has 0 bridgehead atoms. The normalized spacial score (nSPS) is 17.5. The molecule has 2 aromatic carbocycles. The van der Waals surface area contributed by atoms with E-state index in [0.717, 1.165) is 19.4 Å². The topological polar surface area (TPSA) is 97.8 Å². The smallest absolute Gasteiger partial charge is 0.248 e. The summed E-state index contributed by atoms with van der Waals surface area (Å²) in [6.45, 7) is 3.47. The lowest BCUT2D eigenvalue weighted by Crippen LogP contribution is -2.48. The Morgan fingerprint density at radius 3 is 2.89 bits per heavy atom. The van der Waals surface area contributed by atoms with Gasteiger partial charge in [0, 0.05) is 36.2 Å². The van der Waals surface area contributed by atoms with Crippen LogP contribution in [-0.4, -0.2) is 66.5 Å². The third kappa shape index (κ3) is 5.83. The van der Waals surface area contributed by atoms with Gasteiger partial charge in [0.1, 0.15) is 23.7 Å². The molecule has 0 saturated carbocycles. The van der Waals surface area contributed by atoms with Gasteiger partial charge in [-0.3, -0.25) is 9.69 Å². The highest BCUT2D eigenvalue weighted by molar-refractivity contribution is 6.31. The van der Waals surface area contributed by atoms with Crippen LogP contribution in [-0.2, 0) is 14.3 Å². The highest BCUT2D eigenvalue weighted by Gasteiger charge is 2.40. The fraction of sp³-hybridized carbons (Fsp3) is 0.346. The molecular weight excluding hydrogens is 501 g/mol. The molecular formula is C26H27ClFN5O4. The number of methoxy groups -OCH3 is 1. The maximum Gasteiger partial charge on any atom is 0.248 e. The lowest BCUT2D eigenvalue weighted by Gasteiger charge is -2.38. The second-order valence-corrected chi connectivity index (χ2v) is 9.29. The van der Waals surface area contributed by atoms with Crippen molar-refractivity contribution < 1.29 is 23.4 Å². The van der Waals surface area contributed by atoms with E-state index in [2.05, 4.69) is 25.5 Å². The van der Waals surface area contributed by atoms with Gasteiger partial charge in [-0.25, -0.2) is 14.4 Å². The van der Waals surface area contributed by atoms with Gasteiger partial charge in [-0.2, -0.15) is 0 Å². The van der Waals surface area contributed by atoms with Crippen LogP contribution < -0.4 is 15.4 Å². The second-order valence-electron chi connectivity index (χ2n) is 8.88. The number of hydrogen-bond donors (Lipinski definition) is 2. The van der Waals surface area contributed by atoms with E-state index < -0.39 is 11.6 Å². The van der Waals surface area contributed by atoms with Gasteiger partial charge in [0.15, 0.2) is 5.79 Å². The summed E-state index contributed by atoms with van der Waals surface area (Å²) >= 11 is 5.91. The third-order valence-electron chi connectivity index (χ3n) is 6.34. The minimum absolute atomic E-state index is 0.00668. The van der Waals surface area contributed by atoms with Crippen molar-refractivity contribution in [2.24, 2.45) is 0 Å². The second kappa shape index (κ2) is 11.0. The monoisotopic (exact) mass is 527 g/mol. The van der Waals surface area contributed by atoms with E-state index >= 15 is 0 Å². The predicted octanol–water partition coefficient (Wildman–Crippen LogP) is 4.51. The average Bonchev–Trinajstić information content (AvgIpc) is 3.33. The number of piperidine rings is 1. The van der Waals surface area contributed by atoms with Crippen LogP contribution in [0.15, 0.2) is 48.8 Å². The quantitative estimate of drug-likeness (QED) is 0.433. The molecule has 37 heavy (non-hydrogen) atoms. The van der Waals surface area contributed by atoms with Crippen LogP contribution in [0.25, 0.3) is 10.9 Å². The van der Waals surface area contributed by atoms with Crippen molar-refractivity contribution >= 4 is 45.6 Å². The SMILES string of the molecule is COc1cc2ncnc(Nc3ccc(F)c(Cl)c3)c2cc1NC(=O)C=CCN1CCCC2(C1)OCCO2. The number of nitrogens with zero attached hydrogens (tertiary/aromatic N) is 3. The Labute approximate surface area is 218 Å². The first-order chi connectivity index (χ1) is 17.9. The molecule has 3 heterocycles. The molecule has 0 radical (unpaired) electrons. The van der Waals surface area contributed by atoms with Gasteiger partial charge in [0.25, 0.3) is 0 Å². The number of carbonyl (C=O) groups is 1. The summed E-state index contributed by atoms with van der Waals surface area (Å²) in [4.78, 5) is 23.6. The number of benzene rings is 2. The summed E-state index contributed by atoms with van der Waals surface area (Å²) < 4.78 is 30.7. The van der Waals surface area contributed by atoms with Crippen molar-refractivity contribution in [1.29, 1.82) is 0 Å². The minimum Gasteiger partial charge on any atom is -0.494 e. The van der Waals surface area contributed by atoms with Gasteiger partial charge in [-0.1, -0.05) is 17.7 Å². The summed E-state index contributed by atoms with van der Waals surface area (Å²) in [5, 5.41) is 6.63. The molecule has 2 N–H and O–H groups in total. The highest BCUT2D eigenvalue weighted by Crippen LogP contribution is 2.34. The summed E-state index contributed by atoms with van der Waals surface area (Å²) in [6.07, 6.45) is 6.61. The lowest BCUT2D eigenvalue weighted by molar-refractivity contribution is -0.188. The molecule has 2 saturated heterocycles. The number of amides is 1. The zero-order valence-electron chi connectivity index (χ0n) is 20.3. The number of ether oxygens (including phenoxy) is 3. The molecule has 3 aromatic rings. The largest absolute Gasteiger partial charge is 0.494 e. The van der Waals surface area contributed by atoms with E-state index in [-0.39, 0.29) is 10.9 Å². The first-order valence-corrected chi connectivity index (χ1v) is 12.4. The number of hydrogen-bond acceptors (Lipinski definition) is 8. The van der Waals surface area contributed by atoms with Gasteiger partial charge in [-0.15, -0.1) is 0 Å². The van der Waals surface area contributed by atoms with Gasteiger partial charge < -0.3 is 24.8 Å². The highest BCUT2D eigenvalue weighted by atomic mass is 35.5. The Kier molecular flexibility index (Phi) is 7.52. The van der Waals surface area contributed by atoms with E-state index in [1.165, 1.54) is 31.6 Å². The Balaban J connectivity index is 1.30. The fourth-order valence-electron chi connectivity index (χ4n) is 4.60. The fourth-order valence-corrected chi connectivity index (χ4v) is 4.78. The van der Waals surface area contributed by atoms with Crippen LogP contribution in [0.2, 0.25) is 5.02 Å². The van der Waals surface area contributed by atoms with E-state index in [1.54, 1.807) is 18.2 Å². The van der Waals surface area contributed by atoms with Crippen LogP contribution in [0, 0.1) is 5.82 Å². The van der Waals surface area contributed by atoms with Crippen LogP contribution in [0.4, 0.5) is 21.6 Å². The minimum atomic E-state index is -0.512. The molecule has 0 atom stereocenters. The van der Waals surface area contributed by atoms with Crippen LogP contribution in [0.3, 0.4) is 0 Å². The van der Waals surface area contributed by atoms with Crippen LogP contribution in [0.1, 0.15) is 12.8 Å². The number of anilines is 3. The maximum absolute atomic E-state index is 13.6. The number of halogens is 2. The molecule has 2 fully saturated rings. The average molecular weight is 528 g/mol. The molecule has 194 valence electrons. The molecule has 1 amide bonds. The Bertz CT molecular complexity index is 1330. The van der Waals surface area contributed by atoms with Crippen molar-refractivity contribution in [2.45, 2.75) is 18.6 Å². The zero-order chi connectivity index (χ0) is 25.8. The molecule has 2 aliphatic heterocycles.